The molecular weight excluding hydrogens is 509 g/mol. The number of nitrogens with one attached hydrogen (secondary N) is 2. The zero-order valence-corrected chi connectivity index (χ0v) is 21.6. The molecule has 1 aliphatic heterocycles. The van der Waals surface area contributed by atoms with Crippen molar-refractivity contribution in [2.75, 3.05) is 40.3 Å². The first-order valence-electron chi connectivity index (χ1n) is 11.1. The van der Waals surface area contributed by atoms with Crippen LogP contribution in [0.4, 0.5) is 0 Å². The summed E-state index contributed by atoms with van der Waals surface area (Å²) in [6.45, 7) is 3.34. The molecule has 6 nitrogen and oxygen atoms in total. The smallest absolute Gasteiger partial charge is 0.243 e. The summed E-state index contributed by atoms with van der Waals surface area (Å²) < 4.78 is 0. The standard InChI is InChI=1S/C22H37N5OS.HI/c1-26(2)21(28)17-24-22(23-13-10-20-9-6-16-29-20)25-18-11-14-27(15-12-18)19-7-4-3-5-8-19;/h6,9,16,18-19H,3-5,7-8,10-15,17H2,1-2H3,(H2,23,24,25);1H. The molecule has 170 valence electrons. The topological polar surface area (TPSA) is 60.0 Å². The predicted molar refractivity (Wildman–Crippen MR) is 137 cm³/mol. The molecule has 0 bridgehead atoms. The van der Waals surface area contributed by atoms with E-state index < -0.39 is 0 Å². The third-order valence-electron chi connectivity index (χ3n) is 6.08. The second-order valence-corrected chi connectivity index (χ2v) is 9.49. The highest BCUT2D eigenvalue weighted by molar-refractivity contribution is 14.0. The first kappa shape index (κ1) is 25.4. The van der Waals surface area contributed by atoms with Gasteiger partial charge in [-0.1, -0.05) is 25.3 Å². The van der Waals surface area contributed by atoms with Gasteiger partial charge >= 0.3 is 0 Å². The zero-order valence-electron chi connectivity index (χ0n) is 18.4. The highest BCUT2D eigenvalue weighted by Gasteiger charge is 2.26. The van der Waals surface area contributed by atoms with Crippen molar-refractivity contribution in [3.63, 3.8) is 0 Å². The number of likely N-dealkylation sites (N-methyl/N-ethyl adjacent to an activating group) is 1. The molecule has 0 atom stereocenters. The van der Waals surface area contributed by atoms with E-state index in [1.54, 1.807) is 30.3 Å². The molecule has 0 spiro atoms. The number of guanidine groups is 1. The SMILES string of the molecule is CN(C)C(=O)CN=C(NCCc1cccs1)NC1CCN(C2CCCCC2)CC1.I. The third kappa shape index (κ3) is 8.34. The van der Waals surface area contributed by atoms with Crippen LogP contribution in [0.25, 0.3) is 0 Å². The molecule has 2 fully saturated rings. The number of likely N-dealkylation sites (tertiary alicyclic amines) is 1. The summed E-state index contributed by atoms with van der Waals surface area (Å²) in [7, 11) is 3.55. The van der Waals surface area contributed by atoms with Crippen molar-refractivity contribution in [2.45, 2.75) is 63.5 Å². The number of hydrogen-bond acceptors (Lipinski definition) is 4. The highest BCUT2D eigenvalue weighted by atomic mass is 127. The van der Waals surface area contributed by atoms with Gasteiger partial charge in [-0.05, 0) is 43.6 Å². The van der Waals surface area contributed by atoms with E-state index in [1.807, 2.05) is 0 Å². The summed E-state index contributed by atoms with van der Waals surface area (Å²) in [4.78, 5) is 22.2. The summed E-state index contributed by atoms with van der Waals surface area (Å²) in [6.07, 6.45) is 10.2. The average Bonchev–Trinajstić information content (AvgIpc) is 3.26. The maximum Gasteiger partial charge on any atom is 0.243 e. The molecule has 8 heteroatoms. The number of halogens is 1. The Morgan fingerprint density at radius 3 is 2.57 bits per heavy atom. The van der Waals surface area contributed by atoms with Gasteiger partial charge in [0.1, 0.15) is 6.54 Å². The second kappa shape index (κ2) is 13.5. The van der Waals surface area contributed by atoms with E-state index in [1.165, 1.54) is 50.1 Å². The van der Waals surface area contributed by atoms with Crippen LogP contribution in [0.15, 0.2) is 22.5 Å². The van der Waals surface area contributed by atoms with Gasteiger partial charge in [0.25, 0.3) is 0 Å². The van der Waals surface area contributed by atoms with Gasteiger partial charge in [0.05, 0.1) is 0 Å². The van der Waals surface area contributed by atoms with E-state index >= 15 is 0 Å². The first-order valence-corrected chi connectivity index (χ1v) is 12.0. The maximum atomic E-state index is 12.0. The van der Waals surface area contributed by atoms with Gasteiger partial charge in [-0.15, -0.1) is 35.3 Å². The maximum absolute atomic E-state index is 12.0. The summed E-state index contributed by atoms with van der Waals surface area (Å²) in [5.74, 6) is 0.796. The number of thiophene rings is 1. The van der Waals surface area contributed by atoms with Crippen LogP contribution >= 0.6 is 35.3 Å². The molecule has 2 aliphatic rings. The summed E-state index contributed by atoms with van der Waals surface area (Å²) >= 11 is 1.78. The Balaban J connectivity index is 0.00000320. The number of hydrogen-bond donors (Lipinski definition) is 2. The molecular formula is C22H38IN5OS. The lowest BCUT2D eigenvalue weighted by Gasteiger charge is -2.39. The van der Waals surface area contributed by atoms with Crippen molar-refractivity contribution in [3.05, 3.63) is 22.4 Å². The molecule has 1 aliphatic carbocycles. The number of piperidine rings is 1. The monoisotopic (exact) mass is 547 g/mol. The lowest BCUT2D eigenvalue weighted by atomic mass is 9.92. The molecule has 1 saturated heterocycles. The fraction of sp³-hybridized carbons (Fsp3) is 0.727. The van der Waals surface area contributed by atoms with Crippen LogP contribution in [-0.4, -0.2) is 74.0 Å². The molecule has 0 radical (unpaired) electrons. The Morgan fingerprint density at radius 2 is 1.93 bits per heavy atom. The molecule has 30 heavy (non-hydrogen) atoms. The minimum absolute atomic E-state index is 0. The number of carbonyl (C=O) groups is 1. The number of rotatable bonds is 7. The Morgan fingerprint density at radius 1 is 1.20 bits per heavy atom. The average molecular weight is 548 g/mol. The van der Waals surface area contributed by atoms with Gasteiger partial charge in [0.15, 0.2) is 5.96 Å². The van der Waals surface area contributed by atoms with Crippen LogP contribution in [0.2, 0.25) is 0 Å². The Labute approximate surface area is 202 Å². The van der Waals surface area contributed by atoms with E-state index in [2.05, 4.69) is 38.0 Å². The van der Waals surface area contributed by atoms with Crippen LogP contribution in [0, 0.1) is 0 Å². The first-order chi connectivity index (χ1) is 14.1. The minimum Gasteiger partial charge on any atom is -0.356 e. The van der Waals surface area contributed by atoms with E-state index in [4.69, 9.17) is 0 Å². The fourth-order valence-electron chi connectivity index (χ4n) is 4.25. The van der Waals surface area contributed by atoms with Gasteiger partial charge < -0.3 is 20.4 Å². The zero-order chi connectivity index (χ0) is 20.5. The van der Waals surface area contributed by atoms with Crippen molar-refractivity contribution in [1.82, 2.24) is 20.4 Å². The van der Waals surface area contributed by atoms with Crippen molar-refractivity contribution in [3.8, 4) is 0 Å². The molecule has 2 N–H and O–H groups in total. The molecule has 1 saturated carbocycles. The van der Waals surface area contributed by atoms with Gasteiger partial charge in [0.2, 0.25) is 5.91 Å². The fourth-order valence-corrected chi connectivity index (χ4v) is 4.96. The van der Waals surface area contributed by atoms with Gasteiger partial charge in [-0.2, -0.15) is 0 Å². The number of nitrogens with zero attached hydrogens (tertiary/aromatic N) is 3. The summed E-state index contributed by atoms with van der Waals surface area (Å²) in [5.41, 5.74) is 0. The normalized spacial score (nSPS) is 19.2. The Kier molecular flexibility index (Phi) is 11.4. The molecule has 0 unspecified atom stereocenters. The van der Waals surface area contributed by atoms with E-state index in [0.29, 0.717) is 6.04 Å². The van der Waals surface area contributed by atoms with Gasteiger partial charge in [-0.3, -0.25) is 4.79 Å². The lowest BCUT2D eigenvalue weighted by molar-refractivity contribution is -0.127. The van der Waals surface area contributed by atoms with E-state index in [9.17, 15) is 4.79 Å². The van der Waals surface area contributed by atoms with Gasteiger partial charge in [-0.25, -0.2) is 4.99 Å². The molecule has 2 heterocycles. The quantitative estimate of drug-likeness (QED) is 0.313. The number of aliphatic imine (C=N–C) groups is 1. The molecule has 1 aromatic rings. The van der Waals surface area contributed by atoms with Gasteiger partial charge in [0, 0.05) is 50.7 Å². The summed E-state index contributed by atoms with van der Waals surface area (Å²) in [6, 6.07) is 5.48. The molecule has 3 rings (SSSR count). The summed E-state index contributed by atoms with van der Waals surface area (Å²) in [5, 5.41) is 9.14. The van der Waals surface area contributed by atoms with Crippen molar-refractivity contribution in [1.29, 1.82) is 0 Å². The van der Waals surface area contributed by atoms with Crippen LogP contribution in [-0.2, 0) is 11.2 Å². The lowest BCUT2D eigenvalue weighted by Crippen LogP contribution is -2.51. The minimum atomic E-state index is 0. The second-order valence-electron chi connectivity index (χ2n) is 8.46. The molecule has 1 aromatic heterocycles. The van der Waals surface area contributed by atoms with E-state index in [-0.39, 0.29) is 36.4 Å². The highest BCUT2D eigenvalue weighted by Crippen LogP contribution is 2.25. The third-order valence-corrected chi connectivity index (χ3v) is 7.01. The number of amides is 1. The predicted octanol–water partition coefficient (Wildman–Crippen LogP) is 3.33. The van der Waals surface area contributed by atoms with Crippen molar-refractivity contribution < 1.29 is 4.79 Å². The van der Waals surface area contributed by atoms with Crippen LogP contribution in [0.5, 0.6) is 0 Å². The van der Waals surface area contributed by atoms with E-state index in [0.717, 1.165) is 37.8 Å². The van der Waals surface area contributed by atoms with Crippen LogP contribution in [0.3, 0.4) is 0 Å². The van der Waals surface area contributed by atoms with Crippen LogP contribution in [0.1, 0.15) is 49.8 Å². The Hall–Kier alpha value is -0.870. The molecule has 0 aromatic carbocycles. The Bertz CT molecular complexity index is 638. The molecule has 1 amide bonds. The van der Waals surface area contributed by atoms with Crippen LogP contribution < -0.4 is 10.6 Å². The number of carbonyl (C=O) groups excluding carboxylic acids is 1. The van der Waals surface area contributed by atoms with Crippen molar-refractivity contribution in [2.24, 2.45) is 4.99 Å². The van der Waals surface area contributed by atoms with Crippen molar-refractivity contribution >= 4 is 47.2 Å². The largest absolute Gasteiger partial charge is 0.356 e.